The van der Waals surface area contributed by atoms with Crippen LogP contribution in [0.2, 0.25) is 0 Å². The van der Waals surface area contributed by atoms with Crippen LogP contribution in [0.3, 0.4) is 0 Å². The minimum absolute atomic E-state index is 0.00185. The van der Waals surface area contributed by atoms with Gasteiger partial charge in [0.2, 0.25) is 5.91 Å². The molecule has 3 nitrogen and oxygen atoms in total. The van der Waals surface area contributed by atoms with Crippen LogP contribution in [0, 0.1) is 11.8 Å². The molecule has 18 heavy (non-hydrogen) atoms. The van der Waals surface area contributed by atoms with Gasteiger partial charge in [0.05, 0.1) is 12.2 Å². The Hall–Kier alpha value is -0.570. The van der Waals surface area contributed by atoms with Crippen LogP contribution in [0.1, 0.15) is 59.8 Å². The van der Waals surface area contributed by atoms with Crippen LogP contribution in [-0.4, -0.2) is 29.1 Å². The topological polar surface area (TPSA) is 32.3 Å². The molecule has 3 unspecified atom stereocenters. The largest absolute Gasteiger partial charge is 0.323 e. The molecule has 1 amide bonds. The van der Waals surface area contributed by atoms with Gasteiger partial charge in [0, 0.05) is 6.04 Å². The number of hydrogen-bond donors (Lipinski definition) is 1. The van der Waals surface area contributed by atoms with Crippen LogP contribution in [0.5, 0.6) is 0 Å². The third-order valence-electron chi connectivity index (χ3n) is 4.26. The number of rotatable bonds is 6. The van der Waals surface area contributed by atoms with Crippen LogP contribution in [-0.2, 0) is 4.79 Å². The summed E-state index contributed by atoms with van der Waals surface area (Å²) in [5.41, 5.74) is 0. The van der Waals surface area contributed by atoms with Crippen LogP contribution in [0.4, 0.5) is 0 Å². The molecule has 3 atom stereocenters. The van der Waals surface area contributed by atoms with Gasteiger partial charge in [-0.1, -0.05) is 33.6 Å². The Morgan fingerprint density at radius 3 is 2.50 bits per heavy atom. The van der Waals surface area contributed by atoms with E-state index in [0.29, 0.717) is 17.9 Å². The first-order chi connectivity index (χ1) is 8.52. The Bertz CT molecular complexity index is 293. The molecule has 2 aliphatic rings. The standard InChI is InChI=1S/C15H28N2O/c1-5-13(9-12-6-7-12)17-14(8-10(2)3)16-11(4)15(17)18/h10-14,16H,5-9H2,1-4H3. The van der Waals surface area contributed by atoms with E-state index in [1.165, 1.54) is 19.3 Å². The van der Waals surface area contributed by atoms with Gasteiger partial charge in [-0.05, 0) is 38.0 Å². The zero-order valence-electron chi connectivity index (χ0n) is 12.3. The summed E-state index contributed by atoms with van der Waals surface area (Å²) in [5.74, 6) is 1.83. The van der Waals surface area contributed by atoms with Gasteiger partial charge >= 0.3 is 0 Å². The summed E-state index contributed by atoms with van der Waals surface area (Å²) >= 11 is 0. The van der Waals surface area contributed by atoms with Gasteiger partial charge in [-0.3, -0.25) is 10.1 Å². The Balaban J connectivity index is 2.05. The Morgan fingerprint density at radius 2 is 2.00 bits per heavy atom. The second kappa shape index (κ2) is 5.60. The molecule has 104 valence electrons. The first-order valence-electron chi connectivity index (χ1n) is 7.61. The summed E-state index contributed by atoms with van der Waals surface area (Å²) < 4.78 is 0. The van der Waals surface area contributed by atoms with Crippen LogP contribution in [0.15, 0.2) is 0 Å². The molecule has 1 aliphatic carbocycles. The number of hydrogen-bond acceptors (Lipinski definition) is 2. The average molecular weight is 252 g/mol. The van der Waals surface area contributed by atoms with Crippen molar-refractivity contribution < 1.29 is 4.79 Å². The molecule has 1 heterocycles. The quantitative estimate of drug-likeness (QED) is 0.788. The summed E-state index contributed by atoms with van der Waals surface area (Å²) in [6, 6.07) is 0.452. The smallest absolute Gasteiger partial charge is 0.240 e. The lowest BCUT2D eigenvalue weighted by molar-refractivity contribution is -0.132. The molecule has 3 heteroatoms. The van der Waals surface area contributed by atoms with Crippen LogP contribution >= 0.6 is 0 Å². The third kappa shape index (κ3) is 3.05. The van der Waals surface area contributed by atoms with E-state index in [1.54, 1.807) is 0 Å². The Labute approximate surface area is 111 Å². The maximum atomic E-state index is 12.4. The van der Waals surface area contributed by atoms with Crippen molar-refractivity contribution in [2.45, 2.75) is 78.0 Å². The predicted octanol–water partition coefficient (Wildman–Crippen LogP) is 2.76. The van der Waals surface area contributed by atoms with Gasteiger partial charge in [0.15, 0.2) is 0 Å². The highest BCUT2D eigenvalue weighted by atomic mass is 16.2. The normalized spacial score (nSPS) is 30.3. The van der Waals surface area contributed by atoms with Crippen molar-refractivity contribution in [3.05, 3.63) is 0 Å². The minimum Gasteiger partial charge on any atom is -0.323 e. The van der Waals surface area contributed by atoms with Crippen molar-refractivity contribution in [2.24, 2.45) is 11.8 Å². The van der Waals surface area contributed by atoms with Crippen LogP contribution < -0.4 is 5.32 Å². The number of carbonyl (C=O) groups is 1. The molecule has 0 bridgehead atoms. The zero-order valence-corrected chi connectivity index (χ0v) is 12.3. The van der Waals surface area contributed by atoms with Crippen LogP contribution in [0.25, 0.3) is 0 Å². The molecule has 0 radical (unpaired) electrons. The molecule has 2 rings (SSSR count). The highest BCUT2D eigenvalue weighted by Crippen LogP contribution is 2.36. The summed E-state index contributed by atoms with van der Waals surface area (Å²) in [7, 11) is 0. The highest BCUT2D eigenvalue weighted by molar-refractivity contribution is 5.84. The molecule has 1 saturated carbocycles. The monoisotopic (exact) mass is 252 g/mol. The summed E-state index contributed by atoms with van der Waals surface area (Å²) in [6.07, 6.45) is 6.37. The molecule has 2 fully saturated rings. The van der Waals surface area contributed by atoms with Crippen molar-refractivity contribution >= 4 is 5.91 Å². The van der Waals surface area contributed by atoms with Gasteiger partial charge in [0.1, 0.15) is 0 Å². The van der Waals surface area contributed by atoms with E-state index in [1.807, 2.05) is 6.92 Å². The Kier molecular flexibility index (Phi) is 4.31. The van der Waals surface area contributed by atoms with Crippen molar-refractivity contribution in [3.8, 4) is 0 Å². The zero-order chi connectivity index (χ0) is 13.3. The average Bonchev–Trinajstić information content (AvgIpc) is 3.06. The summed E-state index contributed by atoms with van der Waals surface area (Å²) in [4.78, 5) is 14.5. The number of nitrogens with one attached hydrogen (secondary N) is 1. The summed E-state index contributed by atoms with van der Waals surface area (Å²) in [6.45, 7) is 8.68. The van der Waals surface area contributed by atoms with Gasteiger partial charge in [-0.2, -0.15) is 0 Å². The minimum atomic E-state index is 0.00185. The maximum absolute atomic E-state index is 12.4. The molecule has 0 aromatic heterocycles. The molecular formula is C15H28N2O. The molecule has 1 aliphatic heterocycles. The first-order valence-corrected chi connectivity index (χ1v) is 7.61. The molecular weight excluding hydrogens is 224 g/mol. The van der Waals surface area contributed by atoms with Gasteiger partial charge < -0.3 is 4.90 Å². The van der Waals surface area contributed by atoms with Gasteiger partial charge in [-0.15, -0.1) is 0 Å². The Morgan fingerprint density at radius 1 is 1.33 bits per heavy atom. The van der Waals surface area contributed by atoms with E-state index in [-0.39, 0.29) is 12.2 Å². The van der Waals surface area contributed by atoms with Crippen molar-refractivity contribution in [3.63, 3.8) is 0 Å². The van der Waals surface area contributed by atoms with E-state index in [2.05, 4.69) is 31.0 Å². The third-order valence-corrected chi connectivity index (χ3v) is 4.26. The fourth-order valence-electron chi connectivity index (χ4n) is 3.10. The SMILES string of the molecule is CCC(CC1CC1)N1C(=O)C(C)NC1CC(C)C. The van der Waals surface area contributed by atoms with E-state index in [0.717, 1.165) is 18.8 Å². The number of nitrogens with zero attached hydrogens (tertiary/aromatic N) is 1. The molecule has 0 spiro atoms. The van der Waals surface area contributed by atoms with E-state index >= 15 is 0 Å². The predicted molar refractivity (Wildman–Crippen MR) is 74.1 cm³/mol. The van der Waals surface area contributed by atoms with Crippen molar-refractivity contribution in [2.75, 3.05) is 0 Å². The lowest BCUT2D eigenvalue weighted by atomic mass is 10.0. The fraction of sp³-hybridized carbons (Fsp3) is 0.933. The van der Waals surface area contributed by atoms with E-state index < -0.39 is 0 Å². The van der Waals surface area contributed by atoms with Crippen molar-refractivity contribution in [1.82, 2.24) is 10.2 Å². The molecule has 0 aromatic carbocycles. The second-order valence-corrected chi connectivity index (χ2v) is 6.52. The van der Waals surface area contributed by atoms with E-state index in [4.69, 9.17) is 0 Å². The second-order valence-electron chi connectivity index (χ2n) is 6.52. The van der Waals surface area contributed by atoms with Gasteiger partial charge in [-0.25, -0.2) is 0 Å². The van der Waals surface area contributed by atoms with Gasteiger partial charge in [0.25, 0.3) is 0 Å². The molecule has 1 saturated heterocycles. The highest BCUT2D eigenvalue weighted by Gasteiger charge is 2.41. The fourth-order valence-corrected chi connectivity index (χ4v) is 3.10. The molecule has 0 aromatic rings. The lowest BCUT2D eigenvalue weighted by Gasteiger charge is -2.33. The summed E-state index contributed by atoms with van der Waals surface area (Å²) in [5, 5.41) is 3.47. The number of amides is 1. The number of carbonyl (C=O) groups excluding carboxylic acids is 1. The first kappa shape index (κ1) is 13.9. The maximum Gasteiger partial charge on any atom is 0.240 e. The van der Waals surface area contributed by atoms with Crippen molar-refractivity contribution in [1.29, 1.82) is 0 Å². The molecule has 1 N–H and O–H groups in total. The van der Waals surface area contributed by atoms with E-state index in [9.17, 15) is 4.79 Å². The lowest BCUT2D eigenvalue weighted by Crippen LogP contribution is -2.45.